The molecule has 34 heavy (non-hydrogen) atoms. The molecule has 6 heteroatoms. The largest absolute Gasteiger partial charge is 0.463 e. The Hall–Kier alpha value is -4.32. The first-order valence-electron chi connectivity index (χ1n) is 11.3. The van der Waals surface area contributed by atoms with Gasteiger partial charge >= 0.3 is 5.97 Å². The minimum atomic E-state index is -0.395. The van der Waals surface area contributed by atoms with Crippen LogP contribution in [-0.4, -0.2) is 32.3 Å². The molecule has 5 rings (SSSR count). The van der Waals surface area contributed by atoms with Crippen LogP contribution in [0, 0.1) is 0 Å². The summed E-state index contributed by atoms with van der Waals surface area (Å²) in [5.74, 6) is -0.395. The minimum absolute atomic E-state index is 0.316. The molecular weight excluding hydrogens is 424 g/mol. The van der Waals surface area contributed by atoms with Gasteiger partial charge in [-0.1, -0.05) is 48.5 Å². The number of aromatic nitrogens is 4. The van der Waals surface area contributed by atoms with Crippen molar-refractivity contribution in [3.05, 3.63) is 84.7 Å². The van der Waals surface area contributed by atoms with Crippen molar-refractivity contribution in [1.29, 1.82) is 0 Å². The molecule has 0 aliphatic heterocycles. The molecule has 6 nitrogen and oxygen atoms in total. The lowest BCUT2D eigenvalue weighted by atomic mass is 9.93. The molecule has 0 N–H and O–H groups in total. The third-order valence-corrected chi connectivity index (χ3v) is 5.72. The topological polar surface area (TPSA) is 69.9 Å². The summed E-state index contributed by atoms with van der Waals surface area (Å²) >= 11 is 0. The molecule has 0 spiro atoms. The van der Waals surface area contributed by atoms with Gasteiger partial charge in [-0.15, -0.1) is 0 Å². The standard InChI is InChI=1S/C28H24N4O2/c1-3-32-28-23(18-30-32)26(21-16-20-12-8-9-13-24(20)29-17-21)22(14-15-25(33)34-4-2)27(31-28)19-10-6-5-7-11-19/h5-18H,3-4H2,1-2H3. The van der Waals surface area contributed by atoms with Gasteiger partial charge in [0, 0.05) is 51.8 Å². The summed E-state index contributed by atoms with van der Waals surface area (Å²) in [7, 11) is 0. The van der Waals surface area contributed by atoms with Crippen LogP contribution in [-0.2, 0) is 16.1 Å². The molecule has 2 aromatic carbocycles. The van der Waals surface area contributed by atoms with Crippen molar-refractivity contribution < 1.29 is 9.53 Å². The number of carbonyl (C=O) groups is 1. The third kappa shape index (κ3) is 3.94. The molecule has 0 saturated heterocycles. The fourth-order valence-corrected chi connectivity index (χ4v) is 4.17. The lowest BCUT2D eigenvalue weighted by molar-refractivity contribution is -0.137. The van der Waals surface area contributed by atoms with E-state index >= 15 is 0 Å². The molecule has 0 saturated carbocycles. The Morgan fingerprint density at radius 3 is 2.59 bits per heavy atom. The number of nitrogens with zero attached hydrogens (tertiary/aromatic N) is 4. The SMILES string of the molecule is CCOC(=O)C=Cc1c(-c2ccccc2)nc2c(cnn2CC)c1-c1cnc2ccccc2c1. The van der Waals surface area contributed by atoms with E-state index in [-0.39, 0.29) is 0 Å². The van der Waals surface area contributed by atoms with Gasteiger partial charge in [0.1, 0.15) is 0 Å². The minimum Gasteiger partial charge on any atom is -0.463 e. The van der Waals surface area contributed by atoms with Gasteiger partial charge in [-0.3, -0.25) is 4.98 Å². The highest BCUT2D eigenvalue weighted by atomic mass is 16.5. The monoisotopic (exact) mass is 448 g/mol. The number of para-hydroxylation sites is 1. The maximum atomic E-state index is 12.2. The fourth-order valence-electron chi connectivity index (χ4n) is 4.17. The predicted molar refractivity (Wildman–Crippen MR) is 135 cm³/mol. The van der Waals surface area contributed by atoms with Gasteiger partial charge in [-0.2, -0.15) is 5.10 Å². The molecule has 0 amide bonds. The molecule has 0 atom stereocenters. The summed E-state index contributed by atoms with van der Waals surface area (Å²) < 4.78 is 7.03. The zero-order valence-electron chi connectivity index (χ0n) is 19.1. The van der Waals surface area contributed by atoms with Gasteiger partial charge in [-0.05, 0) is 32.1 Å². The lowest BCUT2D eigenvalue weighted by Crippen LogP contribution is -2.02. The highest BCUT2D eigenvalue weighted by Gasteiger charge is 2.20. The van der Waals surface area contributed by atoms with E-state index in [1.54, 1.807) is 13.0 Å². The molecule has 0 unspecified atom stereocenters. The van der Waals surface area contributed by atoms with Crippen LogP contribution in [0.25, 0.3) is 50.4 Å². The van der Waals surface area contributed by atoms with Gasteiger partial charge in [0.25, 0.3) is 0 Å². The first kappa shape index (κ1) is 21.5. The Morgan fingerprint density at radius 2 is 1.79 bits per heavy atom. The number of fused-ring (bicyclic) bond motifs is 2. The Bertz CT molecular complexity index is 1520. The van der Waals surface area contributed by atoms with Crippen molar-refractivity contribution in [2.24, 2.45) is 0 Å². The number of hydrogen-bond acceptors (Lipinski definition) is 5. The van der Waals surface area contributed by atoms with E-state index in [0.717, 1.165) is 49.9 Å². The quantitative estimate of drug-likeness (QED) is 0.239. The second kappa shape index (κ2) is 9.27. The van der Waals surface area contributed by atoms with Crippen LogP contribution in [0.3, 0.4) is 0 Å². The average Bonchev–Trinajstić information content (AvgIpc) is 3.29. The van der Waals surface area contributed by atoms with Crippen molar-refractivity contribution in [1.82, 2.24) is 19.7 Å². The van der Waals surface area contributed by atoms with Crippen molar-refractivity contribution >= 4 is 34.0 Å². The number of pyridine rings is 2. The summed E-state index contributed by atoms with van der Waals surface area (Å²) in [6, 6.07) is 20.1. The Morgan fingerprint density at radius 1 is 1.00 bits per heavy atom. The van der Waals surface area contributed by atoms with Crippen LogP contribution in [0.5, 0.6) is 0 Å². The fraction of sp³-hybridized carbons (Fsp3) is 0.143. The second-order valence-electron chi connectivity index (χ2n) is 7.81. The van der Waals surface area contributed by atoms with E-state index in [9.17, 15) is 4.79 Å². The Labute approximate surface area is 197 Å². The maximum absolute atomic E-state index is 12.2. The number of carbonyl (C=O) groups excluding carboxylic acids is 1. The van der Waals surface area contributed by atoms with Crippen molar-refractivity contribution in [3.63, 3.8) is 0 Å². The molecule has 3 aromatic heterocycles. The van der Waals surface area contributed by atoms with Gasteiger partial charge in [-0.25, -0.2) is 14.5 Å². The summed E-state index contributed by atoms with van der Waals surface area (Å²) in [5.41, 5.74) is 6.12. The van der Waals surface area contributed by atoms with E-state index in [1.807, 2.05) is 78.6 Å². The Kier molecular flexibility index (Phi) is 5.87. The second-order valence-corrected chi connectivity index (χ2v) is 7.81. The molecule has 0 aliphatic rings. The highest BCUT2D eigenvalue weighted by molar-refractivity contribution is 6.03. The van der Waals surface area contributed by atoms with E-state index in [0.29, 0.717) is 13.2 Å². The van der Waals surface area contributed by atoms with Crippen molar-refractivity contribution in [3.8, 4) is 22.4 Å². The van der Waals surface area contributed by atoms with Crippen LogP contribution in [0.2, 0.25) is 0 Å². The smallest absolute Gasteiger partial charge is 0.330 e. The first-order chi connectivity index (χ1) is 16.7. The van der Waals surface area contributed by atoms with Gasteiger partial charge in [0.15, 0.2) is 5.65 Å². The maximum Gasteiger partial charge on any atom is 0.330 e. The van der Waals surface area contributed by atoms with E-state index < -0.39 is 5.97 Å². The number of benzene rings is 2. The number of aryl methyl sites for hydroxylation is 1. The number of esters is 1. The summed E-state index contributed by atoms with van der Waals surface area (Å²) in [6.07, 6.45) is 6.96. The van der Waals surface area contributed by atoms with Crippen LogP contribution in [0.15, 0.2) is 79.1 Å². The van der Waals surface area contributed by atoms with Crippen LogP contribution >= 0.6 is 0 Å². The summed E-state index contributed by atoms with van der Waals surface area (Å²) in [6.45, 7) is 4.84. The molecule has 5 aromatic rings. The van der Waals surface area contributed by atoms with Crippen LogP contribution in [0.1, 0.15) is 19.4 Å². The zero-order chi connectivity index (χ0) is 23.5. The summed E-state index contributed by atoms with van der Waals surface area (Å²) in [5, 5.41) is 6.52. The Balaban J connectivity index is 1.86. The van der Waals surface area contributed by atoms with E-state index in [1.165, 1.54) is 6.08 Å². The molecule has 3 heterocycles. The van der Waals surface area contributed by atoms with Crippen LogP contribution in [0.4, 0.5) is 0 Å². The molecule has 168 valence electrons. The number of ether oxygens (including phenoxy) is 1. The number of hydrogen-bond donors (Lipinski definition) is 0. The van der Waals surface area contributed by atoms with Crippen molar-refractivity contribution in [2.45, 2.75) is 20.4 Å². The molecule has 0 fully saturated rings. The molecular formula is C28H24N4O2. The van der Waals surface area contributed by atoms with Gasteiger partial charge in [0.2, 0.25) is 0 Å². The molecule has 0 bridgehead atoms. The molecule has 0 aliphatic carbocycles. The first-order valence-corrected chi connectivity index (χ1v) is 11.3. The predicted octanol–water partition coefficient (Wildman–Crippen LogP) is 5.91. The zero-order valence-corrected chi connectivity index (χ0v) is 19.1. The normalized spacial score (nSPS) is 11.5. The summed E-state index contributed by atoms with van der Waals surface area (Å²) in [4.78, 5) is 22.0. The molecule has 0 radical (unpaired) electrons. The van der Waals surface area contributed by atoms with Gasteiger partial charge in [0.05, 0.1) is 24.0 Å². The van der Waals surface area contributed by atoms with Gasteiger partial charge < -0.3 is 4.74 Å². The van der Waals surface area contributed by atoms with E-state index in [2.05, 4.69) is 11.2 Å². The van der Waals surface area contributed by atoms with E-state index in [4.69, 9.17) is 14.7 Å². The average molecular weight is 449 g/mol. The third-order valence-electron chi connectivity index (χ3n) is 5.72. The van der Waals surface area contributed by atoms with Crippen LogP contribution < -0.4 is 0 Å². The lowest BCUT2D eigenvalue weighted by Gasteiger charge is -2.15. The van der Waals surface area contributed by atoms with Crippen molar-refractivity contribution in [2.75, 3.05) is 6.61 Å². The number of rotatable bonds is 6. The highest BCUT2D eigenvalue weighted by Crippen LogP contribution is 2.38.